The molecule has 3 aromatic rings. The lowest BCUT2D eigenvalue weighted by Crippen LogP contribution is -2.43. The van der Waals surface area contributed by atoms with Crippen LogP contribution in [0.3, 0.4) is 0 Å². The molecule has 4 rings (SSSR count). The standard InChI is InChI=1S/C23H26N4O4S2/c1-3-24-23-27(18(16-33-23)21-5-4-12-32-21)25-14-17-6-7-19(20(13-17)29-2)31-15-22(28)26-8-10-30-11-9-26/h4-7,12-14,16H,3,8-11,15H2,1-2H3/b24-23?,25-14-. The minimum absolute atomic E-state index is 0.0411. The van der Waals surface area contributed by atoms with Crippen molar-refractivity contribution in [3.05, 3.63) is 51.5 Å². The van der Waals surface area contributed by atoms with Crippen molar-refractivity contribution < 1.29 is 19.0 Å². The normalized spacial score (nSPS) is 14.7. The van der Waals surface area contributed by atoms with Gasteiger partial charge in [-0.1, -0.05) is 6.07 Å². The van der Waals surface area contributed by atoms with Gasteiger partial charge in [0.05, 0.1) is 37.1 Å². The van der Waals surface area contributed by atoms with E-state index in [-0.39, 0.29) is 12.5 Å². The number of carbonyl (C=O) groups is 1. The number of hydrogen-bond acceptors (Lipinski definition) is 8. The lowest BCUT2D eigenvalue weighted by atomic mass is 10.2. The third-order valence-electron chi connectivity index (χ3n) is 4.98. The van der Waals surface area contributed by atoms with Gasteiger partial charge in [-0.3, -0.25) is 9.79 Å². The summed E-state index contributed by atoms with van der Waals surface area (Å²) >= 11 is 3.23. The first-order chi connectivity index (χ1) is 16.2. The Kier molecular flexibility index (Phi) is 7.92. The maximum absolute atomic E-state index is 12.4. The largest absolute Gasteiger partial charge is 0.493 e. The van der Waals surface area contributed by atoms with Crippen molar-refractivity contribution >= 4 is 34.8 Å². The number of thiazole rings is 1. The number of morpholine rings is 1. The molecule has 0 atom stereocenters. The van der Waals surface area contributed by atoms with Crippen molar-refractivity contribution in [1.82, 2.24) is 9.58 Å². The number of methoxy groups -OCH3 is 1. The molecular weight excluding hydrogens is 460 g/mol. The molecular formula is C23H26N4O4S2. The van der Waals surface area contributed by atoms with E-state index >= 15 is 0 Å². The Morgan fingerprint density at radius 2 is 2.06 bits per heavy atom. The molecule has 0 aliphatic carbocycles. The molecule has 0 bridgehead atoms. The van der Waals surface area contributed by atoms with Crippen molar-refractivity contribution in [3.8, 4) is 22.1 Å². The first kappa shape index (κ1) is 23.2. The SMILES string of the molecule is CCN=c1scc(-c2cccs2)n1/N=C\c1ccc(OCC(=O)N2CCOCC2)c(OC)c1. The van der Waals surface area contributed by atoms with Gasteiger partial charge in [0.25, 0.3) is 5.91 Å². The van der Waals surface area contributed by atoms with Crippen LogP contribution in [0.15, 0.2) is 51.2 Å². The molecule has 1 amide bonds. The minimum atomic E-state index is -0.0619. The van der Waals surface area contributed by atoms with Gasteiger partial charge in [-0.2, -0.15) is 5.10 Å². The van der Waals surface area contributed by atoms with Crippen LogP contribution in [0.25, 0.3) is 10.6 Å². The number of thiophene rings is 1. The van der Waals surface area contributed by atoms with E-state index in [1.165, 1.54) is 0 Å². The Balaban J connectivity index is 1.51. The summed E-state index contributed by atoms with van der Waals surface area (Å²) in [5, 5.41) is 8.81. The molecule has 174 valence electrons. The summed E-state index contributed by atoms with van der Waals surface area (Å²) in [6.45, 7) is 4.96. The maximum atomic E-state index is 12.4. The highest BCUT2D eigenvalue weighted by molar-refractivity contribution is 7.14. The van der Waals surface area contributed by atoms with Gasteiger partial charge in [0.2, 0.25) is 4.80 Å². The number of ether oxygens (including phenoxy) is 3. The number of aromatic nitrogens is 1. The molecule has 0 spiro atoms. The van der Waals surface area contributed by atoms with Gasteiger partial charge in [-0.05, 0) is 42.1 Å². The smallest absolute Gasteiger partial charge is 0.260 e. The second kappa shape index (κ2) is 11.3. The molecule has 0 saturated carbocycles. The second-order valence-electron chi connectivity index (χ2n) is 7.10. The Hall–Kier alpha value is -2.95. The van der Waals surface area contributed by atoms with Crippen molar-refractivity contribution in [3.63, 3.8) is 0 Å². The summed E-state index contributed by atoms with van der Waals surface area (Å²) in [6.07, 6.45) is 1.77. The van der Waals surface area contributed by atoms with Crippen LogP contribution < -0.4 is 14.3 Å². The lowest BCUT2D eigenvalue weighted by molar-refractivity contribution is -0.137. The average Bonchev–Trinajstić information content (AvgIpc) is 3.52. The van der Waals surface area contributed by atoms with Crippen LogP contribution in [0.4, 0.5) is 0 Å². The van der Waals surface area contributed by atoms with Crippen LogP contribution in [0.5, 0.6) is 11.5 Å². The number of rotatable bonds is 8. The predicted molar refractivity (Wildman–Crippen MR) is 131 cm³/mol. The monoisotopic (exact) mass is 486 g/mol. The molecule has 1 saturated heterocycles. The van der Waals surface area contributed by atoms with E-state index in [9.17, 15) is 4.79 Å². The molecule has 1 aliphatic rings. The number of benzene rings is 1. The number of nitrogens with zero attached hydrogens (tertiary/aromatic N) is 4. The summed E-state index contributed by atoms with van der Waals surface area (Å²) in [6, 6.07) is 9.61. The van der Waals surface area contributed by atoms with E-state index in [1.807, 2.05) is 35.2 Å². The van der Waals surface area contributed by atoms with E-state index in [2.05, 4.69) is 16.4 Å². The van der Waals surface area contributed by atoms with E-state index in [0.717, 1.165) is 20.9 Å². The number of carbonyl (C=O) groups excluding carboxylic acids is 1. The summed E-state index contributed by atoms with van der Waals surface area (Å²) < 4.78 is 18.4. The van der Waals surface area contributed by atoms with Gasteiger partial charge in [-0.25, -0.2) is 4.68 Å². The summed E-state index contributed by atoms with van der Waals surface area (Å²) in [4.78, 5) is 20.6. The second-order valence-corrected chi connectivity index (χ2v) is 8.89. The minimum Gasteiger partial charge on any atom is -0.493 e. The fourth-order valence-electron chi connectivity index (χ4n) is 3.30. The zero-order valence-corrected chi connectivity index (χ0v) is 20.2. The molecule has 1 fully saturated rings. The fourth-order valence-corrected chi connectivity index (χ4v) is 5.00. The summed E-state index contributed by atoms with van der Waals surface area (Å²) in [5.74, 6) is 0.995. The van der Waals surface area contributed by atoms with Crippen molar-refractivity contribution in [1.29, 1.82) is 0 Å². The van der Waals surface area contributed by atoms with Crippen LogP contribution in [-0.4, -0.2) is 68.3 Å². The molecule has 1 aliphatic heterocycles. The van der Waals surface area contributed by atoms with Gasteiger partial charge in [-0.15, -0.1) is 22.7 Å². The van der Waals surface area contributed by atoms with Gasteiger partial charge in [0.1, 0.15) is 0 Å². The average molecular weight is 487 g/mol. The molecule has 1 aromatic carbocycles. The van der Waals surface area contributed by atoms with Gasteiger partial charge in [0.15, 0.2) is 18.1 Å². The molecule has 0 N–H and O–H groups in total. The number of hydrogen-bond donors (Lipinski definition) is 0. The van der Waals surface area contributed by atoms with Crippen molar-refractivity contribution in [2.75, 3.05) is 46.6 Å². The molecule has 0 unspecified atom stereocenters. The zero-order chi connectivity index (χ0) is 23.0. The van der Waals surface area contributed by atoms with Gasteiger partial charge >= 0.3 is 0 Å². The molecule has 33 heavy (non-hydrogen) atoms. The fraction of sp³-hybridized carbons (Fsp3) is 0.348. The van der Waals surface area contributed by atoms with E-state index < -0.39 is 0 Å². The highest BCUT2D eigenvalue weighted by Crippen LogP contribution is 2.28. The molecule has 10 heteroatoms. The van der Waals surface area contributed by atoms with Crippen LogP contribution in [0.2, 0.25) is 0 Å². The van der Waals surface area contributed by atoms with E-state index in [1.54, 1.807) is 47.0 Å². The Labute approximate surface area is 200 Å². The Morgan fingerprint density at radius 3 is 2.79 bits per heavy atom. The first-order valence-corrected chi connectivity index (χ1v) is 12.4. The Bertz CT molecular complexity index is 1160. The highest BCUT2D eigenvalue weighted by Gasteiger charge is 2.18. The predicted octanol–water partition coefficient (Wildman–Crippen LogP) is 3.33. The zero-order valence-electron chi connectivity index (χ0n) is 18.6. The quantitative estimate of drug-likeness (QED) is 0.458. The lowest BCUT2D eigenvalue weighted by Gasteiger charge is -2.26. The third-order valence-corrected chi connectivity index (χ3v) is 6.72. The highest BCUT2D eigenvalue weighted by atomic mass is 32.1. The molecule has 2 aromatic heterocycles. The Morgan fingerprint density at radius 1 is 1.21 bits per heavy atom. The topological polar surface area (TPSA) is 77.7 Å². The van der Waals surface area contributed by atoms with E-state index in [0.29, 0.717) is 44.3 Å². The van der Waals surface area contributed by atoms with Crippen molar-refractivity contribution in [2.45, 2.75) is 6.92 Å². The molecule has 3 heterocycles. The van der Waals surface area contributed by atoms with Crippen LogP contribution in [0, 0.1) is 0 Å². The van der Waals surface area contributed by atoms with Crippen LogP contribution in [-0.2, 0) is 9.53 Å². The van der Waals surface area contributed by atoms with E-state index in [4.69, 9.17) is 19.3 Å². The maximum Gasteiger partial charge on any atom is 0.260 e. The summed E-state index contributed by atoms with van der Waals surface area (Å²) in [7, 11) is 1.58. The molecule has 0 radical (unpaired) electrons. The van der Waals surface area contributed by atoms with Gasteiger partial charge < -0.3 is 19.1 Å². The van der Waals surface area contributed by atoms with Crippen molar-refractivity contribution in [2.24, 2.45) is 10.1 Å². The first-order valence-electron chi connectivity index (χ1n) is 10.6. The third kappa shape index (κ3) is 5.70. The van der Waals surface area contributed by atoms with Crippen LogP contribution in [0.1, 0.15) is 12.5 Å². The van der Waals surface area contributed by atoms with Crippen LogP contribution >= 0.6 is 22.7 Å². The number of amides is 1. The van der Waals surface area contributed by atoms with Gasteiger partial charge in [0, 0.05) is 25.0 Å². The molecule has 8 nitrogen and oxygen atoms in total. The summed E-state index contributed by atoms with van der Waals surface area (Å²) in [5.41, 5.74) is 1.85.